The lowest BCUT2D eigenvalue weighted by molar-refractivity contribution is 0.754. The highest BCUT2D eigenvalue weighted by Gasteiger charge is 2.14. The third-order valence-corrected chi connectivity index (χ3v) is 3.10. The third kappa shape index (κ3) is 2.09. The molecule has 0 aromatic heterocycles. The van der Waals surface area contributed by atoms with Crippen molar-refractivity contribution in [1.82, 2.24) is 0 Å². The fourth-order valence-electron chi connectivity index (χ4n) is 2.27. The van der Waals surface area contributed by atoms with Crippen LogP contribution in [-0.4, -0.2) is 6.04 Å². The molecular formula is C13H19N. The molecule has 1 aliphatic carbocycles. The number of hydrogen-bond donors (Lipinski definition) is 1. The maximum absolute atomic E-state index is 3.64. The van der Waals surface area contributed by atoms with Crippen LogP contribution in [-0.2, 0) is 0 Å². The standard InChI is InChI=1S/C13H19N/c1-10-7-8-13(11(2)9-10)14-12-5-3-4-6-12/h7-9,12,14H,3-6H2,1-2H3. The Morgan fingerprint density at radius 3 is 2.50 bits per heavy atom. The van der Waals surface area contributed by atoms with Crippen molar-refractivity contribution in [3.8, 4) is 0 Å². The summed E-state index contributed by atoms with van der Waals surface area (Å²) in [5, 5.41) is 3.64. The zero-order chi connectivity index (χ0) is 9.97. The summed E-state index contributed by atoms with van der Waals surface area (Å²) < 4.78 is 0. The van der Waals surface area contributed by atoms with E-state index in [9.17, 15) is 0 Å². The molecule has 2 rings (SSSR count). The highest BCUT2D eigenvalue weighted by molar-refractivity contribution is 5.52. The number of nitrogens with one attached hydrogen (secondary N) is 1. The molecule has 1 saturated carbocycles. The van der Waals surface area contributed by atoms with Gasteiger partial charge in [0.15, 0.2) is 0 Å². The lowest BCUT2D eigenvalue weighted by Gasteiger charge is -2.15. The van der Waals surface area contributed by atoms with Crippen LogP contribution >= 0.6 is 0 Å². The van der Waals surface area contributed by atoms with E-state index in [1.165, 1.54) is 42.5 Å². The third-order valence-electron chi connectivity index (χ3n) is 3.10. The number of rotatable bonds is 2. The highest BCUT2D eigenvalue weighted by atomic mass is 14.9. The van der Waals surface area contributed by atoms with Crippen molar-refractivity contribution in [2.75, 3.05) is 5.32 Å². The molecule has 0 saturated heterocycles. The van der Waals surface area contributed by atoms with Crippen LogP contribution in [0, 0.1) is 13.8 Å². The normalized spacial score (nSPS) is 17.3. The second-order valence-corrected chi connectivity index (χ2v) is 4.44. The fourth-order valence-corrected chi connectivity index (χ4v) is 2.27. The molecule has 76 valence electrons. The van der Waals surface area contributed by atoms with Crippen LogP contribution in [0.2, 0.25) is 0 Å². The number of hydrogen-bond acceptors (Lipinski definition) is 1. The molecule has 0 aliphatic heterocycles. The first-order valence-corrected chi connectivity index (χ1v) is 5.59. The molecule has 1 fully saturated rings. The maximum Gasteiger partial charge on any atom is 0.0372 e. The summed E-state index contributed by atoms with van der Waals surface area (Å²) in [6.07, 6.45) is 5.46. The van der Waals surface area contributed by atoms with Crippen molar-refractivity contribution in [3.05, 3.63) is 29.3 Å². The van der Waals surface area contributed by atoms with Crippen LogP contribution < -0.4 is 5.32 Å². The Bertz CT molecular complexity index is 311. The van der Waals surface area contributed by atoms with Crippen molar-refractivity contribution < 1.29 is 0 Å². The lowest BCUT2D eigenvalue weighted by atomic mass is 10.1. The van der Waals surface area contributed by atoms with Gasteiger partial charge in [0.1, 0.15) is 0 Å². The lowest BCUT2D eigenvalue weighted by Crippen LogP contribution is -2.15. The Morgan fingerprint density at radius 2 is 1.86 bits per heavy atom. The van der Waals surface area contributed by atoms with Crippen molar-refractivity contribution in [3.63, 3.8) is 0 Å². The summed E-state index contributed by atoms with van der Waals surface area (Å²) in [6.45, 7) is 4.33. The Hall–Kier alpha value is -0.980. The van der Waals surface area contributed by atoms with Crippen molar-refractivity contribution in [2.24, 2.45) is 0 Å². The van der Waals surface area contributed by atoms with Crippen LogP contribution in [0.15, 0.2) is 18.2 Å². The van der Waals surface area contributed by atoms with E-state index in [-0.39, 0.29) is 0 Å². The smallest absolute Gasteiger partial charge is 0.0372 e. The van der Waals surface area contributed by atoms with Gasteiger partial charge in [0.2, 0.25) is 0 Å². The van der Waals surface area contributed by atoms with E-state index in [0.717, 1.165) is 6.04 Å². The van der Waals surface area contributed by atoms with Crippen molar-refractivity contribution in [1.29, 1.82) is 0 Å². The Kier molecular flexibility index (Phi) is 2.76. The number of aryl methyl sites for hydroxylation is 2. The quantitative estimate of drug-likeness (QED) is 0.748. The Balaban J connectivity index is 2.08. The van der Waals surface area contributed by atoms with Crippen molar-refractivity contribution >= 4 is 5.69 Å². The molecule has 0 unspecified atom stereocenters. The summed E-state index contributed by atoms with van der Waals surface area (Å²) >= 11 is 0. The zero-order valence-corrected chi connectivity index (χ0v) is 9.14. The average Bonchev–Trinajstić information content (AvgIpc) is 2.62. The van der Waals surface area contributed by atoms with Gasteiger partial charge in [0.05, 0.1) is 0 Å². The predicted octanol–water partition coefficient (Wildman–Crippen LogP) is 3.66. The van der Waals surface area contributed by atoms with E-state index in [2.05, 4.69) is 37.4 Å². The first-order valence-electron chi connectivity index (χ1n) is 5.59. The van der Waals surface area contributed by atoms with E-state index in [1.807, 2.05) is 0 Å². The largest absolute Gasteiger partial charge is 0.382 e. The van der Waals surface area contributed by atoms with Gasteiger partial charge in [-0.15, -0.1) is 0 Å². The molecule has 1 aliphatic rings. The second kappa shape index (κ2) is 4.04. The van der Waals surface area contributed by atoms with E-state index in [4.69, 9.17) is 0 Å². The van der Waals surface area contributed by atoms with Crippen molar-refractivity contribution in [2.45, 2.75) is 45.6 Å². The summed E-state index contributed by atoms with van der Waals surface area (Å²) in [5.41, 5.74) is 4.04. The second-order valence-electron chi connectivity index (χ2n) is 4.44. The molecule has 1 aromatic rings. The molecule has 1 aromatic carbocycles. The molecule has 0 spiro atoms. The summed E-state index contributed by atoms with van der Waals surface area (Å²) in [7, 11) is 0. The van der Waals surface area contributed by atoms with Crippen LogP contribution in [0.5, 0.6) is 0 Å². The summed E-state index contributed by atoms with van der Waals surface area (Å²) in [5.74, 6) is 0. The molecule has 0 amide bonds. The number of benzene rings is 1. The molecule has 1 N–H and O–H groups in total. The van der Waals surface area contributed by atoms with Gasteiger partial charge >= 0.3 is 0 Å². The summed E-state index contributed by atoms with van der Waals surface area (Å²) in [4.78, 5) is 0. The molecular weight excluding hydrogens is 170 g/mol. The van der Waals surface area contributed by atoms with Gasteiger partial charge in [-0.3, -0.25) is 0 Å². The van der Waals surface area contributed by atoms with Crippen LogP contribution in [0.4, 0.5) is 5.69 Å². The minimum Gasteiger partial charge on any atom is -0.382 e. The highest BCUT2D eigenvalue weighted by Crippen LogP contribution is 2.24. The molecule has 0 heterocycles. The van der Waals surface area contributed by atoms with Gasteiger partial charge in [-0.05, 0) is 38.3 Å². The molecule has 14 heavy (non-hydrogen) atoms. The predicted molar refractivity (Wildman–Crippen MR) is 61.8 cm³/mol. The average molecular weight is 189 g/mol. The minimum absolute atomic E-state index is 0.719. The van der Waals surface area contributed by atoms with Crippen LogP contribution in [0.25, 0.3) is 0 Å². The molecule has 0 atom stereocenters. The summed E-state index contributed by atoms with van der Waals surface area (Å²) in [6, 6.07) is 7.36. The first-order chi connectivity index (χ1) is 6.75. The molecule has 1 heteroatoms. The molecule has 1 nitrogen and oxygen atoms in total. The SMILES string of the molecule is Cc1ccc(NC2CCCC2)c(C)c1. The first kappa shape index (κ1) is 9.57. The van der Waals surface area contributed by atoms with Gasteiger partial charge < -0.3 is 5.32 Å². The number of anilines is 1. The maximum atomic E-state index is 3.64. The Labute approximate surface area is 86.5 Å². The zero-order valence-electron chi connectivity index (χ0n) is 9.14. The van der Waals surface area contributed by atoms with E-state index in [1.54, 1.807) is 0 Å². The Morgan fingerprint density at radius 1 is 1.14 bits per heavy atom. The van der Waals surface area contributed by atoms with Crippen LogP contribution in [0.3, 0.4) is 0 Å². The monoisotopic (exact) mass is 189 g/mol. The van der Waals surface area contributed by atoms with Gasteiger partial charge in [-0.25, -0.2) is 0 Å². The molecule has 0 bridgehead atoms. The van der Waals surface area contributed by atoms with Gasteiger partial charge in [-0.1, -0.05) is 30.5 Å². The van der Waals surface area contributed by atoms with Crippen LogP contribution in [0.1, 0.15) is 36.8 Å². The topological polar surface area (TPSA) is 12.0 Å². The minimum atomic E-state index is 0.719. The van der Waals surface area contributed by atoms with Gasteiger partial charge in [0.25, 0.3) is 0 Å². The van der Waals surface area contributed by atoms with E-state index >= 15 is 0 Å². The fraction of sp³-hybridized carbons (Fsp3) is 0.538. The van der Waals surface area contributed by atoms with Gasteiger partial charge in [-0.2, -0.15) is 0 Å². The van der Waals surface area contributed by atoms with E-state index in [0.29, 0.717) is 0 Å². The van der Waals surface area contributed by atoms with E-state index < -0.39 is 0 Å². The molecule has 0 radical (unpaired) electrons. The van der Waals surface area contributed by atoms with Gasteiger partial charge in [0, 0.05) is 11.7 Å².